The van der Waals surface area contributed by atoms with E-state index in [1.807, 2.05) is 18.2 Å². The first-order valence-electron chi connectivity index (χ1n) is 10.4. The molecular formula is C25H21ClN4O4. The van der Waals surface area contributed by atoms with Crippen molar-refractivity contribution in [3.05, 3.63) is 98.4 Å². The average Bonchev–Trinajstić information content (AvgIpc) is 2.83. The van der Waals surface area contributed by atoms with E-state index in [-0.39, 0.29) is 18.0 Å². The maximum atomic E-state index is 12.9. The van der Waals surface area contributed by atoms with Crippen molar-refractivity contribution >= 4 is 40.0 Å². The lowest BCUT2D eigenvalue weighted by Gasteiger charge is -2.12. The van der Waals surface area contributed by atoms with E-state index in [2.05, 4.69) is 20.6 Å². The molecule has 0 saturated carbocycles. The molecule has 0 radical (unpaired) electrons. The number of nitrogens with zero attached hydrogens (tertiary/aromatic N) is 1. The zero-order valence-corrected chi connectivity index (χ0v) is 19.2. The Labute approximate surface area is 199 Å². The number of nitrogens with one attached hydrogen (secondary N) is 3. The van der Waals surface area contributed by atoms with Gasteiger partial charge in [0.05, 0.1) is 12.6 Å². The fourth-order valence-corrected chi connectivity index (χ4v) is 3.57. The lowest BCUT2D eigenvalue weighted by molar-refractivity contribution is 0.0949. The number of aromatic amines is 1. The van der Waals surface area contributed by atoms with Crippen LogP contribution >= 0.6 is 11.6 Å². The molecule has 0 unspecified atom stereocenters. The van der Waals surface area contributed by atoms with E-state index < -0.39 is 11.5 Å². The predicted molar refractivity (Wildman–Crippen MR) is 131 cm³/mol. The van der Waals surface area contributed by atoms with Crippen LogP contribution < -0.4 is 20.9 Å². The second-order valence-corrected chi connectivity index (χ2v) is 7.99. The molecule has 0 fully saturated rings. The second kappa shape index (κ2) is 9.76. The molecular weight excluding hydrogens is 456 g/mol. The zero-order chi connectivity index (χ0) is 24.2. The van der Waals surface area contributed by atoms with Crippen LogP contribution in [0.3, 0.4) is 0 Å². The summed E-state index contributed by atoms with van der Waals surface area (Å²) in [5, 5.41) is 6.69. The summed E-state index contributed by atoms with van der Waals surface area (Å²) in [6.07, 6.45) is 1.51. The van der Waals surface area contributed by atoms with Gasteiger partial charge in [0.15, 0.2) is 0 Å². The van der Waals surface area contributed by atoms with E-state index in [0.717, 1.165) is 11.1 Å². The summed E-state index contributed by atoms with van der Waals surface area (Å²) in [5.41, 5.74) is 2.18. The number of ether oxygens (including phenoxy) is 1. The van der Waals surface area contributed by atoms with Crippen LogP contribution in [0.15, 0.2) is 65.6 Å². The summed E-state index contributed by atoms with van der Waals surface area (Å²) < 4.78 is 5.06. The number of H-pyrrole nitrogens is 1. The Kier molecular flexibility index (Phi) is 6.60. The average molecular weight is 477 g/mol. The number of rotatable bonds is 6. The Morgan fingerprint density at radius 1 is 1.09 bits per heavy atom. The topological polar surface area (TPSA) is 113 Å². The van der Waals surface area contributed by atoms with Crippen molar-refractivity contribution in [1.82, 2.24) is 15.3 Å². The number of aromatic nitrogens is 2. The number of halogens is 1. The summed E-state index contributed by atoms with van der Waals surface area (Å²) in [7, 11) is 1.47. The molecule has 2 aromatic heterocycles. The highest BCUT2D eigenvalue weighted by Crippen LogP contribution is 2.20. The van der Waals surface area contributed by atoms with Crippen LogP contribution in [0.4, 0.5) is 5.69 Å². The Morgan fingerprint density at radius 3 is 2.65 bits per heavy atom. The number of hydrogen-bond donors (Lipinski definition) is 3. The first-order valence-corrected chi connectivity index (χ1v) is 10.7. The fraction of sp³-hybridized carbons (Fsp3) is 0.120. The summed E-state index contributed by atoms with van der Waals surface area (Å²) >= 11 is 6.14. The van der Waals surface area contributed by atoms with E-state index in [4.69, 9.17) is 16.3 Å². The van der Waals surface area contributed by atoms with Gasteiger partial charge in [0.25, 0.3) is 17.4 Å². The van der Waals surface area contributed by atoms with Gasteiger partial charge in [-0.3, -0.25) is 14.4 Å². The van der Waals surface area contributed by atoms with Gasteiger partial charge in [0, 0.05) is 40.5 Å². The summed E-state index contributed by atoms with van der Waals surface area (Å²) in [6.45, 7) is 2.06. The smallest absolute Gasteiger partial charge is 0.261 e. The maximum absolute atomic E-state index is 12.9. The molecule has 0 saturated heterocycles. The maximum Gasteiger partial charge on any atom is 0.261 e. The molecule has 4 aromatic rings. The minimum absolute atomic E-state index is 0.0764. The van der Waals surface area contributed by atoms with Gasteiger partial charge in [0.1, 0.15) is 5.56 Å². The zero-order valence-electron chi connectivity index (χ0n) is 18.4. The third-order valence-corrected chi connectivity index (χ3v) is 5.67. The van der Waals surface area contributed by atoms with Gasteiger partial charge in [0.2, 0.25) is 5.88 Å². The Hall–Kier alpha value is -4.17. The molecule has 3 N–H and O–H groups in total. The third kappa shape index (κ3) is 4.92. The van der Waals surface area contributed by atoms with Crippen LogP contribution in [-0.4, -0.2) is 28.9 Å². The van der Waals surface area contributed by atoms with Gasteiger partial charge in [-0.2, -0.15) is 0 Å². The highest BCUT2D eigenvalue weighted by atomic mass is 35.5. The van der Waals surface area contributed by atoms with Gasteiger partial charge in [-0.1, -0.05) is 35.9 Å². The molecule has 0 bridgehead atoms. The molecule has 8 nitrogen and oxygen atoms in total. The Morgan fingerprint density at radius 2 is 1.88 bits per heavy atom. The van der Waals surface area contributed by atoms with Gasteiger partial charge in [-0.15, -0.1) is 0 Å². The molecule has 2 amide bonds. The van der Waals surface area contributed by atoms with E-state index in [9.17, 15) is 14.4 Å². The van der Waals surface area contributed by atoms with Crippen molar-refractivity contribution in [3.8, 4) is 5.88 Å². The van der Waals surface area contributed by atoms with Crippen molar-refractivity contribution in [1.29, 1.82) is 0 Å². The fourth-order valence-electron chi connectivity index (χ4n) is 3.37. The molecule has 0 aliphatic rings. The molecule has 4 rings (SSSR count). The molecule has 34 heavy (non-hydrogen) atoms. The quantitative estimate of drug-likeness (QED) is 0.388. The Bertz CT molecular complexity index is 1470. The van der Waals surface area contributed by atoms with Gasteiger partial charge in [-0.25, -0.2) is 4.98 Å². The number of hydrogen-bond acceptors (Lipinski definition) is 5. The molecule has 2 heterocycles. The van der Waals surface area contributed by atoms with Gasteiger partial charge >= 0.3 is 0 Å². The number of pyridine rings is 2. The number of methoxy groups -OCH3 is 1. The van der Waals surface area contributed by atoms with Crippen molar-refractivity contribution < 1.29 is 14.3 Å². The third-order valence-electron chi connectivity index (χ3n) is 5.30. The number of fused-ring (bicyclic) bond motifs is 1. The van der Waals surface area contributed by atoms with Crippen molar-refractivity contribution in [2.75, 3.05) is 12.4 Å². The molecule has 0 spiro atoms. The predicted octanol–water partition coefficient (Wildman–Crippen LogP) is 4.08. The molecule has 0 atom stereocenters. The molecule has 2 aromatic carbocycles. The summed E-state index contributed by atoms with van der Waals surface area (Å²) in [4.78, 5) is 44.8. The highest BCUT2D eigenvalue weighted by Gasteiger charge is 2.16. The minimum Gasteiger partial charge on any atom is -0.481 e. The molecule has 0 aliphatic carbocycles. The van der Waals surface area contributed by atoms with Crippen LogP contribution in [0.5, 0.6) is 5.88 Å². The lowest BCUT2D eigenvalue weighted by Crippen LogP contribution is -2.25. The van der Waals surface area contributed by atoms with Crippen molar-refractivity contribution in [2.24, 2.45) is 0 Å². The normalized spacial score (nSPS) is 10.7. The minimum atomic E-state index is -0.601. The summed E-state index contributed by atoms with van der Waals surface area (Å²) in [5.74, 6) is -0.574. The number of benzene rings is 2. The number of amides is 2. The largest absolute Gasteiger partial charge is 0.481 e. The van der Waals surface area contributed by atoms with Crippen molar-refractivity contribution in [2.45, 2.75) is 13.5 Å². The van der Waals surface area contributed by atoms with Crippen LogP contribution in [0, 0.1) is 6.92 Å². The lowest BCUT2D eigenvalue weighted by atomic mass is 10.1. The van der Waals surface area contributed by atoms with Crippen LogP contribution in [0.2, 0.25) is 5.02 Å². The standard InChI is InChI=1S/C25H21ClN4O4/c1-14-7-8-15(23(31)28-12-16-5-3-4-6-19(16)26)10-20(14)29-24(32)18-9-17-13-27-22(34-2)11-21(17)30-25(18)33/h3-11,13H,12H2,1-2H3,(H,28,31)(H,29,32)(H,30,33). The molecule has 172 valence electrons. The first-order chi connectivity index (χ1) is 16.4. The SMILES string of the molecule is COc1cc2[nH]c(=O)c(C(=O)Nc3cc(C(=O)NCc4ccccc4Cl)ccc3C)cc2cn1. The van der Waals surface area contributed by atoms with Crippen LogP contribution in [0.1, 0.15) is 31.8 Å². The van der Waals surface area contributed by atoms with E-state index in [0.29, 0.717) is 33.1 Å². The monoisotopic (exact) mass is 476 g/mol. The first kappa shape index (κ1) is 23.0. The molecule has 0 aliphatic heterocycles. The molecule has 9 heteroatoms. The second-order valence-electron chi connectivity index (χ2n) is 7.58. The van der Waals surface area contributed by atoms with Crippen LogP contribution in [0.25, 0.3) is 10.9 Å². The number of carbonyl (C=O) groups excluding carboxylic acids is 2. The van der Waals surface area contributed by atoms with Gasteiger partial charge < -0.3 is 20.4 Å². The van der Waals surface area contributed by atoms with E-state index in [1.165, 1.54) is 19.4 Å². The summed E-state index contributed by atoms with van der Waals surface area (Å²) in [6, 6.07) is 15.2. The van der Waals surface area contributed by atoms with Crippen molar-refractivity contribution in [3.63, 3.8) is 0 Å². The van der Waals surface area contributed by atoms with Crippen LogP contribution in [-0.2, 0) is 6.54 Å². The van der Waals surface area contributed by atoms with Gasteiger partial charge in [-0.05, 0) is 42.3 Å². The Balaban J connectivity index is 1.53. The number of anilines is 1. The highest BCUT2D eigenvalue weighted by molar-refractivity contribution is 6.31. The van der Waals surface area contributed by atoms with E-state index in [1.54, 1.807) is 37.3 Å². The van der Waals surface area contributed by atoms with E-state index >= 15 is 0 Å². The number of carbonyl (C=O) groups is 2. The number of aryl methyl sites for hydroxylation is 1.